The van der Waals surface area contributed by atoms with Crippen LogP contribution in [0.25, 0.3) is 0 Å². The van der Waals surface area contributed by atoms with Gasteiger partial charge in [0.15, 0.2) is 5.13 Å². The summed E-state index contributed by atoms with van der Waals surface area (Å²) in [6, 6.07) is 0.393. The highest BCUT2D eigenvalue weighted by Gasteiger charge is 2.23. The summed E-state index contributed by atoms with van der Waals surface area (Å²) >= 11 is 1.26. The van der Waals surface area contributed by atoms with Crippen LogP contribution in [-0.4, -0.2) is 28.9 Å². The molecule has 0 unspecified atom stereocenters. The summed E-state index contributed by atoms with van der Waals surface area (Å²) in [6.45, 7) is 0. The molecule has 1 aliphatic rings. The second-order valence-corrected chi connectivity index (χ2v) is 5.33. The van der Waals surface area contributed by atoms with Gasteiger partial charge in [-0.3, -0.25) is 4.79 Å². The Bertz CT molecular complexity index is 371. The van der Waals surface area contributed by atoms with Crippen molar-refractivity contribution in [3.05, 3.63) is 11.1 Å². The molecule has 0 aromatic carbocycles. The van der Waals surface area contributed by atoms with Gasteiger partial charge < -0.3 is 10.6 Å². The summed E-state index contributed by atoms with van der Waals surface area (Å²) < 4.78 is 0. The van der Waals surface area contributed by atoms with Crippen LogP contribution in [0.15, 0.2) is 6.20 Å². The van der Waals surface area contributed by atoms with Crippen molar-refractivity contribution in [3.8, 4) is 0 Å². The van der Waals surface area contributed by atoms with Crippen LogP contribution >= 0.6 is 11.3 Å². The Labute approximate surface area is 99.5 Å². The lowest BCUT2D eigenvalue weighted by molar-refractivity contribution is 0.0701. The van der Waals surface area contributed by atoms with Crippen LogP contribution in [-0.2, 0) is 0 Å². The van der Waals surface area contributed by atoms with E-state index >= 15 is 0 Å². The van der Waals surface area contributed by atoms with Crippen LogP contribution < -0.4 is 5.73 Å². The summed E-state index contributed by atoms with van der Waals surface area (Å²) in [4.78, 5) is 18.5. The monoisotopic (exact) mass is 239 g/mol. The lowest BCUT2D eigenvalue weighted by atomic mass is 9.94. The third kappa shape index (κ3) is 2.35. The highest BCUT2D eigenvalue weighted by molar-refractivity contribution is 7.17. The summed E-state index contributed by atoms with van der Waals surface area (Å²) in [6.07, 6.45) is 7.57. The lowest BCUT2D eigenvalue weighted by Crippen LogP contribution is -2.37. The first kappa shape index (κ1) is 11.4. The fourth-order valence-electron chi connectivity index (χ4n) is 2.19. The molecular weight excluding hydrogens is 222 g/mol. The number of nitrogens with zero attached hydrogens (tertiary/aromatic N) is 2. The maximum Gasteiger partial charge on any atom is 0.265 e. The van der Waals surface area contributed by atoms with Gasteiger partial charge in [-0.25, -0.2) is 4.98 Å². The minimum atomic E-state index is 0.0566. The van der Waals surface area contributed by atoms with Crippen molar-refractivity contribution in [1.82, 2.24) is 9.88 Å². The number of nitrogens with two attached hydrogens (primary N) is 1. The zero-order chi connectivity index (χ0) is 11.5. The summed E-state index contributed by atoms with van der Waals surface area (Å²) in [5, 5.41) is 0.459. The number of thiazole rings is 1. The fourth-order valence-corrected chi connectivity index (χ4v) is 2.86. The molecule has 1 aromatic heterocycles. The van der Waals surface area contributed by atoms with Gasteiger partial charge in [0.25, 0.3) is 5.91 Å². The van der Waals surface area contributed by atoms with Gasteiger partial charge in [0, 0.05) is 13.1 Å². The molecule has 0 spiro atoms. The van der Waals surface area contributed by atoms with Crippen LogP contribution in [0, 0.1) is 0 Å². The van der Waals surface area contributed by atoms with Crippen molar-refractivity contribution in [2.75, 3.05) is 12.8 Å². The molecule has 2 N–H and O–H groups in total. The molecular formula is C11H17N3OS. The second kappa shape index (κ2) is 4.82. The van der Waals surface area contributed by atoms with Gasteiger partial charge in [-0.2, -0.15) is 0 Å². The van der Waals surface area contributed by atoms with Crippen molar-refractivity contribution in [3.63, 3.8) is 0 Å². The number of aromatic nitrogens is 1. The Kier molecular flexibility index (Phi) is 3.43. The zero-order valence-corrected chi connectivity index (χ0v) is 10.3. The minimum absolute atomic E-state index is 0.0566. The van der Waals surface area contributed by atoms with Gasteiger partial charge in [0.2, 0.25) is 0 Å². The Morgan fingerprint density at radius 1 is 1.50 bits per heavy atom. The van der Waals surface area contributed by atoms with E-state index in [0.717, 1.165) is 12.8 Å². The van der Waals surface area contributed by atoms with E-state index < -0.39 is 0 Å². The van der Waals surface area contributed by atoms with E-state index in [2.05, 4.69) is 4.98 Å². The van der Waals surface area contributed by atoms with Crippen LogP contribution in [0.5, 0.6) is 0 Å². The van der Waals surface area contributed by atoms with Gasteiger partial charge in [0.05, 0.1) is 6.20 Å². The third-order valence-corrected chi connectivity index (χ3v) is 3.99. The SMILES string of the molecule is CN(C(=O)c1cnc(N)s1)C1CCCCC1. The molecule has 0 aliphatic heterocycles. The molecule has 0 atom stereocenters. The zero-order valence-electron chi connectivity index (χ0n) is 9.48. The average Bonchev–Trinajstić information content (AvgIpc) is 2.75. The van der Waals surface area contributed by atoms with E-state index in [1.165, 1.54) is 30.6 Å². The predicted molar refractivity (Wildman–Crippen MR) is 65.5 cm³/mol. The molecule has 88 valence electrons. The van der Waals surface area contributed by atoms with E-state index in [-0.39, 0.29) is 5.91 Å². The van der Waals surface area contributed by atoms with E-state index in [1.54, 1.807) is 6.20 Å². The first-order valence-electron chi connectivity index (χ1n) is 5.67. The highest BCUT2D eigenvalue weighted by Crippen LogP contribution is 2.24. The maximum atomic E-state index is 12.1. The molecule has 0 saturated heterocycles. The molecule has 5 heteroatoms. The quantitative estimate of drug-likeness (QED) is 0.860. The molecule has 16 heavy (non-hydrogen) atoms. The number of rotatable bonds is 2. The van der Waals surface area contributed by atoms with Crippen molar-refractivity contribution < 1.29 is 4.79 Å². The number of hydrogen-bond donors (Lipinski definition) is 1. The van der Waals surface area contributed by atoms with Crippen molar-refractivity contribution in [2.24, 2.45) is 0 Å². The number of carbonyl (C=O) groups is 1. The smallest absolute Gasteiger partial charge is 0.265 e. The van der Waals surface area contributed by atoms with Crippen molar-refractivity contribution in [2.45, 2.75) is 38.1 Å². The topological polar surface area (TPSA) is 59.2 Å². The van der Waals surface area contributed by atoms with Crippen LogP contribution in [0.1, 0.15) is 41.8 Å². The number of amides is 1. The average molecular weight is 239 g/mol. The standard InChI is InChI=1S/C11H17N3OS/c1-14(8-5-3-2-4-6-8)10(15)9-7-13-11(12)16-9/h7-8H,2-6H2,1H3,(H2,12,13). The van der Waals surface area contributed by atoms with Gasteiger partial charge in [0.1, 0.15) is 4.88 Å². The summed E-state index contributed by atoms with van der Waals surface area (Å²) in [7, 11) is 1.88. The molecule has 1 heterocycles. The first-order valence-corrected chi connectivity index (χ1v) is 6.48. The van der Waals surface area contributed by atoms with E-state index in [0.29, 0.717) is 16.1 Å². The van der Waals surface area contributed by atoms with Crippen LogP contribution in [0.3, 0.4) is 0 Å². The van der Waals surface area contributed by atoms with Gasteiger partial charge >= 0.3 is 0 Å². The number of nitrogen functional groups attached to an aromatic ring is 1. The molecule has 1 fully saturated rings. The molecule has 0 radical (unpaired) electrons. The van der Waals surface area contributed by atoms with E-state index in [9.17, 15) is 4.79 Å². The summed E-state index contributed by atoms with van der Waals surface area (Å²) in [5.74, 6) is 0.0566. The molecule has 0 bridgehead atoms. The van der Waals surface area contributed by atoms with Gasteiger partial charge in [-0.15, -0.1) is 0 Å². The van der Waals surface area contributed by atoms with Crippen molar-refractivity contribution >= 4 is 22.4 Å². The summed E-state index contributed by atoms with van der Waals surface area (Å²) in [5.41, 5.74) is 5.53. The second-order valence-electron chi connectivity index (χ2n) is 4.27. The highest BCUT2D eigenvalue weighted by atomic mass is 32.1. The molecule has 1 saturated carbocycles. The fraction of sp³-hybridized carbons (Fsp3) is 0.636. The maximum absolute atomic E-state index is 12.1. The largest absolute Gasteiger partial charge is 0.375 e. The van der Waals surface area contributed by atoms with E-state index in [1.807, 2.05) is 11.9 Å². The van der Waals surface area contributed by atoms with E-state index in [4.69, 9.17) is 5.73 Å². The molecule has 4 nitrogen and oxygen atoms in total. The van der Waals surface area contributed by atoms with Gasteiger partial charge in [-0.05, 0) is 12.8 Å². The molecule has 1 aromatic rings. The Morgan fingerprint density at radius 2 is 2.19 bits per heavy atom. The Hall–Kier alpha value is -1.10. The number of carbonyl (C=O) groups excluding carboxylic acids is 1. The normalized spacial score (nSPS) is 17.3. The number of anilines is 1. The number of hydrogen-bond acceptors (Lipinski definition) is 4. The first-order chi connectivity index (χ1) is 7.68. The van der Waals surface area contributed by atoms with Crippen molar-refractivity contribution in [1.29, 1.82) is 0 Å². The third-order valence-electron chi connectivity index (χ3n) is 3.18. The Balaban J connectivity index is 2.03. The Morgan fingerprint density at radius 3 is 2.75 bits per heavy atom. The molecule has 1 amide bonds. The van der Waals surface area contributed by atoms with Crippen LogP contribution in [0.4, 0.5) is 5.13 Å². The minimum Gasteiger partial charge on any atom is -0.375 e. The molecule has 1 aliphatic carbocycles. The lowest BCUT2D eigenvalue weighted by Gasteiger charge is -2.30. The predicted octanol–water partition coefficient (Wildman–Crippen LogP) is 2.13. The van der Waals surface area contributed by atoms with Crippen LogP contribution in [0.2, 0.25) is 0 Å². The van der Waals surface area contributed by atoms with Gasteiger partial charge in [-0.1, -0.05) is 30.6 Å². The molecule has 2 rings (SSSR count).